The predicted octanol–water partition coefficient (Wildman–Crippen LogP) is 1.83. The first-order valence-electron chi connectivity index (χ1n) is 4.05. The van der Waals surface area contributed by atoms with Crippen molar-refractivity contribution in [2.24, 2.45) is 0 Å². The highest BCUT2D eigenvalue weighted by molar-refractivity contribution is 4.62. The van der Waals surface area contributed by atoms with E-state index in [1.165, 1.54) is 6.26 Å². The van der Waals surface area contributed by atoms with Crippen LogP contribution in [-0.4, -0.2) is 19.8 Å². The van der Waals surface area contributed by atoms with Crippen LogP contribution in [-0.2, 0) is 19.6 Å². The molecule has 0 saturated carbocycles. The van der Waals surface area contributed by atoms with Crippen molar-refractivity contribution in [2.45, 2.75) is 20.3 Å². The van der Waals surface area contributed by atoms with Crippen LogP contribution in [0.15, 0.2) is 12.3 Å². The van der Waals surface area contributed by atoms with Gasteiger partial charge >= 0.3 is 0 Å². The van der Waals surface area contributed by atoms with E-state index in [1.54, 1.807) is 6.08 Å². The molecule has 0 aromatic carbocycles. The largest absolute Gasteiger partial charge is 0.379 e. The molecule has 72 valence electrons. The lowest BCUT2D eigenvalue weighted by molar-refractivity contribution is -0.491. The smallest absolute Gasteiger partial charge is 0.128 e. The highest BCUT2D eigenvalue weighted by Crippen LogP contribution is 1.85. The second kappa shape index (κ2) is 10.4. The van der Waals surface area contributed by atoms with Crippen LogP contribution in [0, 0.1) is 0 Å². The standard InChI is InChI=1S/C8H16O4/c1-3-5-9-7-8-11-12-10-6-4-2/h4,6H,3,5,7-8H2,1-2H3/b6-4-. The molecule has 0 aromatic rings. The normalized spacial score (nSPS) is 10.8. The third kappa shape index (κ3) is 9.42. The maximum absolute atomic E-state index is 5.11. The molecule has 0 aliphatic rings. The van der Waals surface area contributed by atoms with Gasteiger partial charge in [0.1, 0.15) is 12.9 Å². The molecule has 0 aliphatic heterocycles. The molecular weight excluding hydrogens is 160 g/mol. The van der Waals surface area contributed by atoms with Gasteiger partial charge < -0.3 is 9.62 Å². The molecular formula is C8H16O4. The summed E-state index contributed by atoms with van der Waals surface area (Å²) in [4.78, 5) is 9.01. The quantitative estimate of drug-likeness (QED) is 0.245. The van der Waals surface area contributed by atoms with Crippen molar-refractivity contribution >= 4 is 0 Å². The molecule has 0 unspecified atom stereocenters. The lowest BCUT2D eigenvalue weighted by Gasteiger charge is -2.01. The third-order valence-corrected chi connectivity index (χ3v) is 0.939. The first kappa shape index (κ1) is 11.4. The van der Waals surface area contributed by atoms with Gasteiger partial charge in [0, 0.05) is 6.61 Å². The molecule has 4 nitrogen and oxygen atoms in total. The number of hydrogen-bond acceptors (Lipinski definition) is 4. The molecule has 0 radical (unpaired) electrons. The molecule has 0 saturated heterocycles. The zero-order valence-corrected chi connectivity index (χ0v) is 7.62. The van der Waals surface area contributed by atoms with Gasteiger partial charge in [-0.3, -0.25) is 0 Å². The number of allylic oxidation sites excluding steroid dienone is 1. The summed E-state index contributed by atoms with van der Waals surface area (Å²) < 4.78 is 5.11. The van der Waals surface area contributed by atoms with Crippen LogP contribution in [0.3, 0.4) is 0 Å². The summed E-state index contributed by atoms with van der Waals surface area (Å²) in [5.41, 5.74) is 0. The molecule has 0 heterocycles. The van der Waals surface area contributed by atoms with Crippen molar-refractivity contribution < 1.29 is 19.6 Å². The molecule has 12 heavy (non-hydrogen) atoms. The van der Waals surface area contributed by atoms with Crippen molar-refractivity contribution in [1.82, 2.24) is 0 Å². The molecule has 0 atom stereocenters. The van der Waals surface area contributed by atoms with Gasteiger partial charge in [-0.2, -0.15) is 4.89 Å². The van der Waals surface area contributed by atoms with Crippen LogP contribution >= 0.6 is 0 Å². The van der Waals surface area contributed by atoms with Crippen LogP contribution < -0.4 is 0 Å². The second-order valence-electron chi connectivity index (χ2n) is 2.07. The van der Waals surface area contributed by atoms with Gasteiger partial charge in [-0.1, -0.05) is 6.92 Å². The maximum atomic E-state index is 5.11. The molecule has 0 rings (SSSR count). The minimum absolute atomic E-state index is 0.373. The van der Waals surface area contributed by atoms with Crippen LogP contribution in [0.5, 0.6) is 0 Å². The monoisotopic (exact) mass is 176 g/mol. The molecule has 0 fully saturated rings. The van der Waals surface area contributed by atoms with E-state index in [4.69, 9.17) is 4.74 Å². The fourth-order valence-corrected chi connectivity index (χ4v) is 0.479. The highest BCUT2D eigenvalue weighted by atomic mass is 17.5. The summed E-state index contributed by atoms with van der Waals surface area (Å²) in [5, 5.41) is 4.29. The molecule has 0 aliphatic carbocycles. The van der Waals surface area contributed by atoms with E-state index in [9.17, 15) is 0 Å². The van der Waals surface area contributed by atoms with E-state index in [-0.39, 0.29) is 0 Å². The third-order valence-electron chi connectivity index (χ3n) is 0.939. The number of ether oxygens (including phenoxy) is 1. The average Bonchev–Trinajstić information content (AvgIpc) is 2.10. The predicted molar refractivity (Wildman–Crippen MR) is 44.0 cm³/mol. The van der Waals surface area contributed by atoms with Gasteiger partial charge in [-0.15, -0.1) is 0 Å². The Morgan fingerprint density at radius 1 is 1.17 bits per heavy atom. The summed E-state index contributed by atoms with van der Waals surface area (Å²) in [6.45, 7) is 5.50. The van der Waals surface area contributed by atoms with Crippen LogP contribution in [0.25, 0.3) is 0 Å². The summed E-state index contributed by atoms with van der Waals surface area (Å²) in [5.74, 6) is 0. The van der Waals surface area contributed by atoms with E-state index in [1.807, 2.05) is 13.8 Å². The summed E-state index contributed by atoms with van der Waals surface area (Å²) in [6, 6.07) is 0. The highest BCUT2D eigenvalue weighted by Gasteiger charge is 1.88. The Morgan fingerprint density at radius 3 is 2.67 bits per heavy atom. The van der Waals surface area contributed by atoms with Crippen molar-refractivity contribution in [2.75, 3.05) is 19.8 Å². The first-order chi connectivity index (χ1) is 5.91. The van der Waals surface area contributed by atoms with E-state index < -0.39 is 0 Å². The Morgan fingerprint density at radius 2 is 2.00 bits per heavy atom. The van der Waals surface area contributed by atoms with Crippen LogP contribution in [0.4, 0.5) is 0 Å². The SMILES string of the molecule is C/C=C\OOOCCOCCC. The molecule has 0 amide bonds. The first-order valence-corrected chi connectivity index (χ1v) is 4.05. The Labute approximate surface area is 72.9 Å². The Bertz CT molecular complexity index is 103. The molecule has 0 bridgehead atoms. The van der Waals surface area contributed by atoms with Crippen molar-refractivity contribution in [3.63, 3.8) is 0 Å². The van der Waals surface area contributed by atoms with Gasteiger partial charge in [-0.05, 0) is 24.5 Å². The van der Waals surface area contributed by atoms with E-state index in [0.29, 0.717) is 13.2 Å². The summed E-state index contributed by atoms with van der Waals surface area (Å²) in [7, 11) is 0. The van der Waals surface area contributed by atoms with Gasteiger partial charge in [0.25, 0.3) is 0 Å². The molecule has 0 aromatic heterocycles. The zero-order valence-electron chi connectivity index (χ0n) is 7.62. The minimum atomic E-state index is 0.373. The Hall–Kier alpha value is -0.580. The molecule has 0 spiro atoms. The zero-order chi connectivity index (χ0) is 9.07. The van der Waals surface area contributed by atoms with E-state index >= 15 is 0 Å². The van der Waals surface area contributed by atoms with Gasteiger partial charge in [0.15, 0.2) is 0 Å². The topological polar surface area (TPSA) is 36.9 Å². The van der Waals surface area contributed by atoms with Gasteiger partial charge in [-0.25, -0.2) is 0 Å². The average molecular weight is 176 g/mol. The minimum Gasteiger partial charge on any atom is -0.379 e. The summed E-state index contributed by atoms with van der Waals surface area (Å²) in [6.07, 6.45) is 4.08. The fourth-order valence-electron chi connectivity index (χ4n) is 0.479. The van der Waals surface area contributed by atoms with Crippen molar-refractivity contribution in [3.05, 3.63) is 12.3 Å². The molecule has 4 heteroatoms. The second-order valence-corrected chi connectivity index (χ2v) is 2.07. The Kier molecular flexibility index (Phi) is 9.92. The fraction of sp³-hybridized carbons (Fsp3) is 0.750. The maximum Gasteiger partial charge on any atom is 0.128 e. The number of rotatable bonds is 8. The van der Waals surface area contributed by atoms with E-state index in [0.717, 1.165) is 13.0 Å². The van der Waals surface area contributed by atoms with Gasteiger partial charge in [0.2, 0.25) is 0 Å². The van der Waals surface area contributed by atoms with Crippen molar-refractivity contribution in [1.29, 1.82) is 0 Å². The Balaban J connectivity index is 2.81. The van der Waals surface area contributed by atoms with Crippen LogP contribution in [0.1, 0.15) is 20.3 Å². The summed E-state index contributed by atoms with van der Waals surface area (Å²) >= 11 is 0. The van der Waals surface area contributed by atoms with Crippen LogP contribution in [0.2, 0.25) is 0 Å². The lowest BCUT2D eigenvalue weighted by atomic mass is 10.5. The van der Waals surface area contributed by atoms with Gasteiger partial charge in [0.05, 0.1) is 6.61 Å². The van der Waals surface area contributed by atoms with E-state index in [2.05, 4.69) is 14.8 Å². The lowest BCUT2D eigenvalue weighted by Crippen LogP contribution is -2.04. The molecule has 0 N–H and O–H groups in total. The number of hydrogen-bond donors (Lipinski definition) is 0. The van der Waals surface area contributed by atoms with Crippen molar-refractivity contribution in [3.8, 4) is 0 Å².